The Hall–Kier alpha value is -2.88. The quantitative estimate of drug-likeness (QED) is 0.462. The molecule has 0 radical (unpaired) electrons. The monoisotopic (exact) mass is 516 g/mol. The number of fused-ring (bicyclic) bond motifs is 2. The molecule has 1 aromatic carbocycles. The molecule has 10 heteroatoms. The Labute approximate surface area is 208 Å². The van der Waals surface area contributed by atoms with E-state index >= 15 is 0 Å². The van der Waals surface area contributed by atoms with Crippen LogP contribution in [0.1, 0.15) is 43.2 Å². The summed E-state index contributed by atoms with van der Waals surface area (Å²) in [6.45, 7) is 4.17. The molecule has 0 aliphatic carbocycles. The number of benzene rings is 1. The SMILES string of the molecule is CCCC1=C(C(=O)OCC)C(c2cccs2)n2c(s/c(=C\c3cc4c(cc3Cl)OCO4)c2=O)=N1. The summed E-state index contributed by atoms with van der Waals surface area (Å²) in [5, 5.41) is 2.38. The van der Waals surface area contributed by atoms with Crippen LogP contribution in [-0.2, 0) is 9.53 Å². The van der Waals surface area contributed by atoms with Gasteiger partial charge in [-0.1, -0.05) is 42.3 Å². The Morgan fingerprint density at radius 3 is 2.82 bits per heavy atom. The lowest BCUT2D eigenvalue weighted by atomic mass is 9.99. The van der Waals surface area contributed by atoms with Crippen LogP contribution in [0.15, 0.2) is 50.7 Å². The number of carbonyl (C=O) groups is 1. The van der Waals surface area contributed by atoms with Crippen molar-refractivity contribution in [2.75, 3.05) is 13.4 Å². The van der Waals surface area contributed by atoms with Crippen LogP contribution in [0.3, 0.4) is 0 Å². The molecule has 1 unspecified atom stereocenters. The van der Waals surface area contributed by atoms with E-state index in [0.717, 1.165) is 11.3 Å². The third-order valence-electron chi connectivity index (χ3n) is 5.48. The lowest BCUT2D eigenvalue weighted by Gasteiger charge is -2.24. The van der Waals surface area contributed by atoms with Gasteiger partial charge in [-0.25, -0.2) is 9.79 Å². The first-order valence-corrected chi connectivity index (χ1v) is 12.9. The van der Waals surface area contributed by atoms with Gasteiger partial charge in [0.2, 0.25) is 6.79 Å². The fraction of sp³-hybridized carbons (Fsp3) is 0.292. The van der Waals surface area contributed by atoms with Gasteiger partial charge >= 0.3 is 5.97 Å². The van der Waals surface area contributed by atoms with E-state index in [2.05, 4.69) is 0 Å². The predicted octanol–water partition coefficient (Wildman–Crippen LogP) is 4.02. The zero-order valence-electron chi connectivity index (χ0n) is 18.5. The average molecular weight is 517 g/mol. The first-order chi connectivity index (χ1) is 16.5. The number of rotatable bonds is 6. The third-order valence-corrected chi connectivity index (χ3v) is 7.72. The van der Waals surface area contributed by atoms with E-state index in [1.54, 1.807) is 29.7 Å². The van der Waals surface area contributed by atoms with Crippen molar-refractivity contribution in [2.45, 2.75) is 32.7 Å². The van der Waals surface area contributed by atoms with E-state index in [1.807, 2.05) is 24.4 Å². The Kier molecular flexibility index (Phi) is 6.33. The van der Waals surface area contributed by atoms with E-state index in [1.165, 1.54) is 22.7 Å². The lowest BCUT2D eigenvalue weighted by Crippen LogP contribution is -2.39. The standard InChI is InChI=1S/C24H21ClN2O5S2/c1-3-6-15-20(23(29)30-4-2)21(18-7-5-8-33-18)27-22(28)19(34-24(27)26-15)10-13-9-16-17(11-14(13)25)32-12-31-16/h5,7-11,21H,3-4,6,12H2,1-2H3/b19-10-. The minimum atomic E-state index is -0.591. The van der Waals surface area contributed by atoms with Crippen molar-refractivity contribution in [3.63, 3.8) is 0 Å². The van der Waals surface area contributed by atoms with Crippen molar-refractivity contribution in [1.82, 2.24) is 4.57 Å². The molecule has 34 heavy (non-hydrogen) atoms. The summed E-state index contributed by atoms with van der Waals surface area (Å²) in [5.41, 5.74) is 1.48. The van der Waals surface area contributed by atoms with Gasteiger partial charge in [-0.2, -0.15) is 0 Å². The van der Waals surface area contributed by atoms with Gasteiger partial charge in [0, 0.05) is 10.9 Å². The zero-order chi connectivity index (χ0) is 23.8. The maximum Gasteiger partial charge on any atom is 0.338 e. The largest absolute Gasteiger partial charge is 0.463 e. The van der Waals surface area contributed by atoms with Gasteiger partial charge in [0.15, 0.2) is 16.3 Å². The average Bonchev–Trinajstić information content (AvgIpc) is 3.55. The highest BCUT2D eigenvalue weighted by Crippen LogP contribution is 2.37. The Bertz CT molecular complexity index is 1470. The molecule has 0 N–H and O–H groups in total. The minimum Gasteiger partial charge on any atom is -0.463 e. The van der Waals surface area contributed by atoms with E-state index in [4.69, 9.17) is 30.8 Å². The van der Waals surface area contributed by atoms with Crippen LogP contribution in [0.4, 0.5) is 0 Å². The molecule has 176 valence electrons. The number of hydrogen-bond acceptors (Lipinski definition) is 8. The number of hydrogen-bond donors (Lipinski definition) is 0. The molecule has 5 rings (SSSR count). The minimum absolute atomic E-state index is 0.134. The van der Waals surface area contributed by atoms with Crippen molar-refractivity contribution < 1.29 is 19.0 Å². The Morgan fingerprint density at radius 1 is 1.32 bits per heavy atom. The number of ether oxygens (including phenoxy) is 3. The van der Waals surface area contributed by atoms with Crippen LogP contribution in [-0.4, -0.2) is 23.9 Å². The molecular formula is C24H21ClN2O5S2. The molecule has 0 bridgehead atoms. The first kappa shape index (κ1) is 22.9. The smallest absolute Gasteiger partial charge is 0.338 e. The van der Waals surface area contributed by atoms with E-state index < -0.39 is 12.0 Å². The van der Waals surface area contributed by atoms with Gasteiger partial charge in [0.1, 0.15) is 6.04 Å². The second kappa shape index (κ2) is 9.40. The number of thiazole rings is 1. The molecular weight excluding hydrogens is 496 g/mol. The number of halogens is 1. The van der Waals surface area contributed by atoms with Gasteiger partial charge in [0.25, 0.3) is 5.56 Å². The number of esters is 1. The summed E-state index contributed by atoms with van der Waals surface area (Å²) in [4.78, 5) is 32.9. The molecule has 4 heterocycles. The summed E-state index contributed by atoms with van der Waals surface area (Å²) < 4.78 is 18.3. The van der Waals surface area contributed by atoms with Crippen LogP contribution in [0.2, 0.25) is 5.02 Å². The van der Waals surface area contributed by atoms with Crippen LogP contribution in [0, 0.1) is 0 Å². The first-order valence-electron chi connectivity index (χ1n) is 10.9. The molecule has 0 saturated carbocycles. The summed E-state index contributed by atoms with van der Waals surface area (Å²) in [6, 6.07) is 6.68. The van der Waals surface area contributed by atoms with Crippen molar-refractivity contribution in [3.05, 3.63) is 76.1 Å². The van der Waals surface area contributed by atoms with Crippen molar-refractivity contribution in [3.8, 4) is 11.5 Å². The predicted molar refractivity (Wildman–Crippen MR) is 132 cm³/mol. The maximum absolute atomic E-state index is 13.7. The molecule has 3 aromatic rings. The molecule has 2 aliphatic heterocycles. The number of thiophene rings is 1. The summed E-state index contributed by atoms with van der Waals surface area (Å²) in [6.07, 6.45) is 3.14. The maximum atomic E-state index is 13.7. The summed E-state index contributed by atoms with van der Waals surface area (Å²) >= 11 is 9.21. The highest BCUT2D eigenvalue weighted by atomic mass is 35.5. The second-order valence-corrected chi connectivity index (χ2v) is 10.1. The molecule has 2 aliphatic rings. The van der Waals surface area contributed by atoms with Gasteiger partial charge in [-0.3, -0.25) is 9.36 Å². The number of carbonyl (C=O) groups excluding carboxylic acids is 1. The Morgan fingerprint density at radius 2 is 2.12 bits per heavy atom. The highest BCUT2D eigenvalue weighted by molar-refractivity contribution is 7.10. The molecule has 0 amide bonds. The number of aromatic nitrogens is 1. The third kappa shape index (κ3) is 3.97. The molecule has 0 spiro atoms. The topological polar surface area (TPSA) is 79.1 Å². The van der Waals surface area contributed by atoms with Crippen LogP contribution < -0.4 is 24.4 Å². The van der Waals surface area contributed by atoms with Crippen LogP contribution in [0.25, 0.3) is 6.08 Å². The molecule has 0 fully saturated rings. The number of nitrogens with zero attached hydrogens (tertiary/aromatic N) is 2. The lowest BCUT2D eigenvalue weighted by molar-refractivity contribution is -0.139. The Balaban J connectivity index is 1.72. The van der Waals surface area contributed by atoms with E-state index in [-0.39, 0.29) is 19.0 Å². The molecule has 7 nitrogen and oxygen atoms in total. The molecule has 1 atom stereocenters. The van der Waals surface area contributed by atoms with Gasteiger partial charge < -0.3 is 14.2 Å². The highest BCUT2D eigenvalue weighted by Gasteiger charge is 2.34. The molecule has 2 aromatic heterocycles. The number of allylic oxidation sites excluding steroid dienone is 1. The molecule has 0 saturated heterocycles. The second-order valence-electron chi connectivity index (χ2n) is 7.66. The summed E-state index contributed by atoms with van der Waals surface area (Å²) in [5.74, 6) is 0.709. The fourth-order valence-electron chi connectivity index (χ4n) is 4.02. The van der Waals surface area contributed by atoms with Gasteiger partial charge in [-0.15, -0.1) is 11.3 Å². The van der Waals surface area contributed by atoms with Crippen molar-refractivity contribution in [2.24, 2.45) is 4.99 Å². The fourth-order valence-corrected chi connectivity index (χ4v) is 6.06. The zero-order valence-corrected chi connectivity index (χ0v) is 20.9. The van der Waals surface area contributed by atoms with Crippen LogP contribution in [0.5, 0.6) is 11.5 Å². The van der Waals surface area contributed by atoms with E-state index in [0.29, 0.717) is 49.1 Å². The van der Waals surface area contributed by atoms with Crippen molar-refractivity contribution in [1.29, 1.82) is 0 Å². The van der Waals surface area contributed by atoms with E-state index in [9.17, 15) is 9.59 Å². The van der Waals surface area contributed by atoms with Crippen molar-refractivity contribution >= 4 is 46.3 Å². The summed E-state index contributed by atoms with van der Waals surface area (Å²) in [7, 11) is 0. The van der Waals surface area contributed by atoms with Gasteiger partial charge in [0.05, 0.1) is 27.4 Å². The normalized spacial score (nSPS) is 17.0. The van der Waals surface area contributed by atoms with Gasteiger partial charge in [-0.05, 0) is 42.5 Å². The van der Waals surface area contributed by atoms with Crippen LogP contribution >= 0.6 is 34.3 Å².